The maximum absolute atomic E-state index is 12.4. The van der Waals surface area contributed by atoms with Gasteiger partial charge in [0.2, 0.25) is 5.91 Å². The lowest BCUT2D eigenvalue weighted by Gasteiger charge is -2.26. The van der Waals surface area contributed by atoms with E-state index in [0.29, 0.717) is 0 Å². The summed E-state index contributed by atoms with van der Waals surface area (Å²) in [6.07, 6.45) is 4.27. The first kappa shape index (κ1) is 14.3. The molecule has 6 heteroatoms. The number of fused-ring (bicyclic) bond motifs is 1. The number of aromatic nitrogens is 3. The van der Waals surface area contributed by atoms with Gasteiger partial charge in [-0.3, -0.25) is 4.79 Å². The quantitative estimate of drug-likeness (QED) is 0.833. The average molecular weight is 295 g/mol. The van der Waals surface area contributed by atoms with E-state index in [4.69, 9.17) is 5.26 Å². The first-order chi connectivity index (χ1) is 10.8. The van der Waals surface area contributed by atoms with Gasteiger partial charge in [-0.15, -0.1) is 5.10 Å². The number of nitriles is 1. The van der Waals surface area contributed by atoms with Crippen LogP contribution in [0.3, 0.4) is 0 Å². The summed E-state index contributed by atoms with van der Waals surface area (Å²) >= 11 is 0. The van der Waals surface area contributed by atoms with E-state index in [1.807, 2.05) is 17.0 Å². The molecular formula is C16H17N5O. The lowest BCUT2D eigenvalue weighted by Crippen LogP contribution is -2.37. The molecule has 1 aromatic carbocycles. The van der Waals surface area contributed by atoms with Crippen LogP contribution in [0, 0.1) is 11.3 Å². The number of nitrogens with zero attached hydrogens (tertiary/aromatic N) is 5. The van der Waals surface area contributed by atoms with Gasteiger partial charge in [0.05, 0.1) is 0 Å². The van der Waals surface area contributed by atoms with Crippen LogP contribution in [0.15, 0.2) is 30.6 Å². The summed E-state index contributed by atoms with van der Waals surface area (Å²) in [4.78, 5) is 18.1. The zero-order valence-electron chi connectivity index (χ0n) is 12.3. The molecule has 1 aliphatic rings. The molecule has 0 bridgehead atoms. The van der Waals surface area contributed by atoms with Crippen molar-refractivity contribution in [3.63, 3.8) is 0 Å². The van der Waals surface area contributed by atoms with Crippen LogP contribution in [-0.4, -0.2) is 38.7 Å². The van der Waals surface area contributed by atoms with E-state index >= 15 is 0 Å². The Balaban J connectivity index is 1.65. The maximum Gasteiger partial charge on any atom is 0.252 e. The Morgan fingerprint density at radius 3 is 2.73 bits per heavy atom. The minimum atomic E-state index is 0.0220. The molecule has 0 saturated carbocycles. The van der Waals surface area contributed by atoms with Crippen LogP contribution in [-0.2, 0) is 24.2 Å². The predicted molar refractivity (Wildman–Crippen MR) is 79.8 cm³/mol. The van der Waals surface area contributed by atoms with Crippen LogP contribution >= 0.6 is 0 Å². The topological polar surface area (TPSA) is 74.8 Å². The average Bonchev–Trinajstić information content (AvgIpc) is 2.95. The third-order valence-electron chi connectivity index (χ3n) is 3.93. The molecule has 1 aromatic heterocycles. The van der Waals surface area contributed by atoms with Crippen molar-refractivity contribution in [2.75, 3.05) is 13.1 Å². The van der Waals surface area contributed by atoms with E-state index in [2.05, 4.69) is 28.3 Å². The lowest BCUT2D eigenvalue weighted by molar-refractivity contribution is -0.132. The van der Waals surface area contributed by atoms with Crippen LogP contribution in [0.2, 0.25) is 0 Å². The molecular weight excluding hydrogens is 278 g/mol. The number of hydrogen-bond acceptors (Lipinski definition) is 4. The Morgan fingerprint density at radius 2 is 2.00 bits per heavy atom. The van der Waals surface area contributed by atoms with Gasteiger partial charge >= 0.3 is 0 Å². The standard InChI is InChI=1S/C16H17N5O/c17-10-15-18-12-21(19-15)11-16(22)20-8-3-6-13-4-1-2-5-14(13)7-9-20/h1-2,4-5,12H,3,6-9,11H2. The van der Waals surface area contributed by atoms with Gasteiger partial charge in [-0.25, -0.2) is 9.67 Å². The summed E-state index contributed by atoms with van der Waals surface area (Å²) in [6.45, 7) is 1.61. The van der Waals surface area contributed by atoms with Crippen LogP contribution in [0.5, 0.6) is 0 Å². The van der Waals surface area contributed by atoms with Crippen molar-refractivity contribution in [3.05, 3.63) is 47.5 Å². The van der Waals surface area contributed by atoms with E-state index in [1.54, 1.807) is 0 Å². The second kappa shape index (κ2) is 6.39. The molecule has 0 atom stereocenters. The SMILES string of the molecule is N#Cc1ncn(CC(=O)N2CCCc3ccccc3CC2)n1. The summed E-state index contributed by atoms with van der Waals surface area (Å²) in [5.74, 6) is 0.114. The molecule has 2 aromatic rings. The molecule has 0 aliphatic carbocycles. The first-order valence-electron chi connectivity index (χ1n) is 7.40. The molecule has 0 saturated heterocycles. The number of rotatable bonds is 2. The second-order valence-electron chi connectivity index (χ2n) is 5.38. The van der Waals surface area contributed by atoms with E-state index < -0.39 is 0 Å². The van der Waals surface area contributed by atoms with Gasteiger partial charge in [0.25, 0.3) is 5.82 Å². The highest BCUT2D eigenvalue weighted by Gasteiger charge is 2.17. The van der Waals surface area contributed by atoms with Crippen molar-refractivity contribution in [2.24, 2.45) is 0 Å². The number of hydrogen-bond donors (Lipinski definition) is 0. The number of aryl methyl sites for hydroxylation is 1. The molecule has 3 rings (SSSR count). The van der Waals surface area contributed by atoms with Crippen LogP contribution in [0.4, 0.5) is 0 Å². The van der Waals surface area contributed by atoms with Crippen molar-refractivity contribution >= 4 is 5.91 Å². The molecule has 2 heterocycles. The van der Waals surface area contributed by atoms with E-state index in [1.165, 1.54) is 22.1 Å². The van der Waals surface area contributed by atoms with Gasteiger partial charge in [0, 0.05) is 13.1 Å². The third-order valence-corrected chi connectivity index (χ3v) is 3.93. The van der Waals surface area contributed by atoms with Crippen molar-refractivity contribution in [1.82, 2.24) is 19.7 Å². The second-order valence-corrected chi connectivity index (χ2v) is 5.38. The largest absolute Gasteiger partial charge is 0.341 e. The predicted octanol–water partition coefficient (Wildman–Crippen LogP) is 1.17. The number of amides is 1. The highest BCUT2D eigenvalue weighted by Crippen LogP contribution is 2.16. The van der Waals surface area contributed by atoms with Crippen LogP contribution in [0.25, 0.3) is 0 Å². The zero-order chi connectivity index (χ0) is 15.4. The molecule has 22 heavy (non-hydrogen) atoms. The molecule has 1 amide bonds. The van der Waals surface area contributed by atoms with E-state index in [0.717, 1.165) is 32.4 Å². The maximum atomic E-state index is 12.4. The van der Waals surface area contributed by atoms with Crippen molar-refractivity contribution in [3.8, 4) is 6.07 Å². The molecule has 112 valence electrons. The van der Waals surface area contributed by atoms with Gasteiger partial charge in [-0.2, -0.15) is 5.26 Å². The molecule has 0 spiro atoms. The summed E-state index contributed by atoms with van der Waals surface area (Å²) in [5, 5.41) is 12.6. The van der Waals surface area contributed by atoms with Crippen LogP contribution < -0.4 is 0 Å². The summed E-state index contributed by atoms with van der Waals surface area (Å²) in [6, 6.07) is 10.3. The van der Waals surface area contributed by atoms with Gasteiger partial charge in [-0.05, 0) is 30.4 Å². The van der Waals surface area contributed by atoms with Gasteiger partial charge in [-0.1, -0.05) is 24.3 Å². The van der Waals surface area contributed by atoms with Gasteiger partial charge < -0.3 is 4.90 Å². The number of carbonyl (C=O) groups is 1. The molecule has 6 nitrogen and oxygen atoms in total. The fourth-order valence-corrected chi connectivity index (χ4v) is 2.78. The van der Waals surface area contributed by atoms with Gasteiger partial charge in [0.1, 0.15) is 18.9 Å². The fraction of sp³-hybridized carbons (Fsp3) is 0.375. The summed E-state index contributed by atoms with van der Waals surface area (Å²) < 4.78 is 1.42. The Kier molecular flexibility index (Phi) is 4.15. The van der Waals surface area contributed by atoms with Crippen molar-refractivity contribution in [1.29, 1.82) is 5.26 Å². The molecule has 0 radical (unpaired) electrons. The molecule has 0 fully saturated rings. The normalized spacial score (nSPS) is 14.6. The zero-order valence-corrected chi connectivity index (χ0v) is 12.3. The summed E-state index contributed by atoms with van der Waals surface area (Å²) in [7, 11) is 0. The van der Waals surface area contributed by atoms with Crippen molar-refractivity contribution in [2.45, 2.75) is 25.8 Å². The number of carbonyl (C=O) groups excluding carboxylic acids is 1. The van der Waals surface area contributed by atoms with Gasteiger partial charge in [0.15, 0.2) is 0 Å². The van der Waals surface area contributed by atoms with Crippen LogP contribution in [0.1, 0.15) is 23.4 Å². The number of benzene rings is 1. The Morgan fingerprint density at radius 1 is 1.23 bits per heavy atom. The highest BCUT2D eigenvalue weighted by molar-refractivity contribution is 5.75. The Labute approximate surface area is 129 Å². The fourth-order valence-electron chi connectivity index (χ4n) is 2.78. The van der Waals surface area contributed by atoms with Crippen molar-refractivity contribution < 1.29 is 4.79 Å². The smallest absolute Gasteiger partial charge is 0.252 e. The first-order valence-corrected chi connectivity index (χ1v) is 7.40. The highest BCUT2D eigenvalue weighted by atomic mass is 16.2. The molecule has 0 unspecified atom stereocenters. The molecule has 0 N–H and O–H groups in total. The summed E-state index contributed by atoms with van der Waals surface area (Å²) in [5.41, 5.74) is 2.72. The van der Waals surface area contributed by atoms with E-state index in [9.17, 15) is 4.79 Å². The Hall–Kier alpha value is -2.68. The lowest BCUT2D eigenvalue weighted by atomic mass is 9.98. The molecule has 1 aliphatic heterocycles. The monoisotopic (exact) mass is 295 g/mol. The Bertz CT molecular complexity index is 715. The van der Waals surface area contributed by atoms with E-state index in [-0.39, 0.29) is 18.3 Å². The minimum absolute atomic E-state index is 0.0220. The minimum Gasteiger partial charge on any atom is -0.341 e. The third kappa shape index (κ3) is 3.14.